The molecule has 4 nitrogen and oxygen atoms in total. The maximum absolute atomic E-state index is 13.2. The Balaban J connectivity index is 1.45. The molecule has 3 atom stereocenters. The van der Waals surface area contributed by atoms with E-state index in [2.05, 4.69) is 67.2 Å². The smallest absolute Gasteiger partial charge is 0.261 e. The van der Waals surface area contributed by atoms with E-state index in [1.807, 2.05) is 6.07 Å². The Hall–Kier alpha value is -3.12. The van der Waals surface area contributed by atoms with Crippen molar-refractivity contribution in [1.29, 1.82) is 0 Å². The quantitative estimate of drug-likeness (QED) is 0.410. The number of anilines is 2. The van der Waals surface area contributed by atoms with Crippen molar-refractivity contribution in [3.63, 3.8) is 0 Å². The highest BCUT2D eigenvalue weighted by Crippen LogP contribution is 2.50. The molecule has 0 bridgehead atoms. The Morgan fingerprint density at radius 1 is 0.971 bits per heavy atom. The highest BCUT2D eigenvalue weighted by Gasteiger charge is 2.38. The number of sulfonamides is 1. The van der Waals surface area contributed by atoms with Crippen LogP contribution in [0.2, 0.25) is 0 Å². The van der Waals surface area contributed by atoms with Crippen LogP contribution >= 0.6 is 0 Å². The molecule has 0 fully saturated rings. The molecule has 2 aliphatic rings. The topological polar surface area (TPSA) is 58.2 Å². The minimum atomic E-state index is -3.80. The van der Waals surface area contributed by atoms with Gasteiger partial charge in [-0.3, -0.25) is 4.72 Å². The van der Waals surface area contributed by atoms with Crippen LogP contribution in [-0.2, 0) is 15.4 Å². The monoisotopic (exact) mass is 476 g/mol. The van der Waals surface area contributed by atoms with Gasteiger partial charge in [0.1, 0.15) is 5.82 Å². The molecular formula is C28H29FN2O2S. The molecule has 3 aromatic carbocycles. The molecular weight excluding hydrogens is 447 g/mol. The number of nitrogens with one attached hydrogen (secondary N) is 2. The van der Waals surface area contributed by atoms with Crippen molar-refractivity contribution in [2.75, 3.05) is 10.0 Å². The molecule has 0 spiro atoms. The fourth-order valence-electron chi connectivity index (χ4n) is 4.99. The minimum Gasteiger partial charge on any atom is -0.378 e. The zero-order valence-corrected chi connectivity index (χ0v) is 20.4. The summed E-state index contributed by atoms with van der Waals surface area (Å²) in [6, 6.07) is 19.5. The van der Waals surface area contributed by atoms with Gasteiger partial charge in [0.25, 0.3) is 10.0 Å². The summed E-state index contributed by atoms with van der Waals surface area (Å²) < 4.78 is 41.8. The Kier molecular flexibility index (Phi) is 5.52. The number of rotatable bonds is 4. The molecule has 34 heavy (non-hydrogen) atoms. The number of fused-ring (bicyclic) bond motifs is 3. The van der Waals surface area contributed by atoms with Crippen molar-refractivity contribution in [3.8, 4) is 0 Å². The lowest BCUT2D eigenvalue weighted by Gasteiger charge is -2.38. The molecule has 0 saturated carbocycles. The van der Waals surface area contributed by atoms with Crippen LogP contribution in [0.3, 0.4) is 0 Å². The Morgan fingerprint density at radius 3 is 2.35 bits per heavy atom. The Bertz CT molecular complexity index is 1340. The van der Waals surface area contributed by atoms with Crippen molar-refractivity contribution in [2.45, 2.75) is 49.5 Å². The van der Waals surface area contributed by atoms with Gasteiger partial charge in [0.2, 0.25) is 0 Å². The summed E-state index contributed by atoms with van der Waals surface area (Å²) in [4.78, 5) is 0.199. The third-order valence-corrected chi connectivity index (χ3v) is 8.26. The number of hydrogen-bond donors (Lipinski definition) is 2. The predicted octanol–water partition coefficient (Wildman–Crippen LogP) is 6.75. The van der Waals surface area contributed by atoms with Gasteiger partial charge < -0.3 is 5.32 Å². The molecule has 1 aliphatic carbocycles. The summed E-state index contributed by atoms with van der Waals surface area (Å²) in [5.74, 6) is 0.0463. The third kappa shape index (κ3) is 4.23. The molecule has 0 aromatic heterocycles. The van der Waals surface area contributed by atoms with Crippen molar-refractivity contribution >= 4 is 21.4 Å². The average molecular weight is 477 g/mol. The first kappa shape index (κ1) is 22.7. The summed E-state index contributed by atoms with van der Waals surface area (Å²) in [5, 5.41) is 3.68. The zero-order valence-electron chi connectivity index (χ0n) is 19.5. The molecule has 3 aromatic rings. The van der Waals surface area contributed by atoms with Crippen LogP contribution in [0.25, 0.3) is 0 Å². The lowest BCUT2D eigenvalue weighted by atomic mass is 9.76. The van der Waals surface area contributed by atoms with Gasteiger partial charge in [-0.15, -0.1) is 0 Å². The molecule has 1 aliphatic heterocycles. The Labute approximate surface area is 201 Å². The largest absolute Gasteiger partial charge is 0.378 e. The van der Waals surface area contributed by atoms with Gasteiger partial charge in [0, 0.05) is 17.3 Å². The SMILES string of the molecule is CC(C)(C)c1ccc([C@H]2Nc3ccc(S(=O)(=O)Nc4ccc(F)cc4)cc3[C@H]3C=CC[C@H]32)cc1. The minimum absolute atomic E-state index is 0.104. The van der Waals surface area contributed by atoms with Gasteiger partial charge >= 0.3 is 0 Å². The number of hydrogen-bond acceptors (Lipinski definition) is 3. The molecule has 1 heterocycles. The Morgan fingerprint density at radius 2 is 1.68 bits per heavy atom. The first-order valence-corrected chi connectivity index (χ1v) is 13.1. The van der Waals surface area contributed by atoms with E-state index in [0.717, 1.165) is 17.7 Å². The molecule has 5 rings (SSSR count). The van der Waals surface area contributed by atoms with E-state index < -0.39 is 15.8 Å². The summed E-state index contributed by atoms with van der Waals surface area (Å²) in [7, 11) is -3.80. The molecule has 6 heteroatoms. The number of benzene rings is 3. The molecule has 176 valence electrons. The van der Waals surface area contributed by atoms with Gasteiger partial charge in [-0.1, -0.05) is 57.2 Å². The first-order valence-electron chi connectivity index (χ1n) is 11.6. The second-order valence-corrected chi connectivity index (χ2v) is 11.9. The van der Waals surface area contributed by atoms with Gasteiger partial charge in [-0.2, -0.15) is 0 Å². The second-order valence-electron chi connectivity index (χ2n) is 10.2. The van der Waals surface area contributed by atoms with Crippen molar-refractivity contribution < 1.29 is 12.8 Å². The van der Waals surface area contributed by atoms with Crippen molar-refractivity contribution in [1.82, 2.24) is 0 Å². The summed E-state index contributed by atoms with van der Waals surface area (Å²) in [6.07, 6.45) is 5.33. The number of allylic oxidation sites excluding steroid dienone is 2. The lowest BCUT2D eigenvalue weighted by molar-refractivity contribution is 0.425. The standard InChI is InChI=1S/C28H29FN2O2S/c1-28(2,3)19-9-7-18(8-10-19)27-24-6-4-5-23(24)25-17-22(15-16-26(25)30-27)34(32,33)31-21-13-11-20(29)12-14-21/h4-5,7-17,23-24,27,30-31H,6H2,1-3H3/t23-,24+,27+/m0/s1. The van der Waals surface area contributed by atoms with Gasteiger partial charge in [0.15, 0.2) is 0 Å². The maximum Gasteiger partial charge on any atom is 0.261 e. The second kappa shape index (κ2) is 8.27. The normalized spacial score (nSPS) is 21.5. The van der Waals surface area contributed by atoms with E-state index >= 15 is 0 Å². The van der Waals surface area contributed by atoms with Gasteiger partial charge in [0.05, 0.1) is 10.9 Å². The number of halogens is 1. The average Bonchev–Trinajstić information content (AvgIpc) is 3.29. The lowest BCUT2D eigenvalue weighted by Crippen LogP contribution is -2.29. The molecule has 0 amide bonds. The van der Waals surface area contributed by atoms with E-state index in [0.29, 0.717) is 11.6 Å². The van der Waals surface area contributed by atoms with Crippen LogP contribution in [-0.4, -0.2) is 8.42 Å². The van der Waals surface area contributed by atoms with Crippen molar-refractivity contribution in [2.24, 2.45) is 5.92 Å². The van der Waals surface area contributed by atoms with Crippen LogP contribution in [0.4, 0.5) is 15.8 Å². The van der Waals surface area contributed by atoms with Crippen LogP contribution in [0.15, 0.2) is 83.8 Å². The van der Waals surface area contributed by atoms with E-state index in [-0.39, 0.29) is 22.3 Å². The summed E-state index contributed by atoms with van der Waals surface area (Å²) >= 11 is 0. The van der Waals surface area contributed by atoms with E-state index in [4.69, 9.17) is 0 Å². The third-order valence-electron chi connectivity index (χ3n) is 6.88. The summed E-state index contributed by atoms with van der Waals surface area (Å²) in [5.41, 5.74) is 4.92. The van der Waals surface area contributed by atoms with E-state index in [9.17, 15) is 12.8 Å². The molecule has 0 radical (unpaired) electrons. The van der Waals surface area contributed by atoms with Gasteiger partial charge in [-0.25, -0.2) is 12.8 Å². The van der Waals surface area contributed by atoms with Gasteiger partial charge in [-0.05, 0) is 76.9 Å². The zero-order chi connectivity index (χ0) is 24.1. The predicted molar refractivity (Wildman–Crippen MR) is 135 cm³/mol. The van der Waals surface area contributed by atoms with Crippen LogP contribution in [0.1, 0.15) is 55.8 Å². The van der Waals surface area contributed by atoms with E-state index in [1.54, 1.807) is 12.1 Å². The highest BCUT2D eigenvalue weighted by molar-refractivity contribution is 7.92. The van der Waals surface area contributed by atoms with E-state index in [1.165, 1.54) is 35.4 Å². The van der Waals surface area contributed by atoms with Crippen molar-refractivity contribution in [3.05, 3.63) is 101 Å². The highest BCUT2D eigenvalue weighted by atomic mass is 32.2. The molecule has 2 N–H and O–H groups in total. The maximum atomic E-state index is 13.2. The fourth-order valence-corrected chi connectivity index (χ4v) is 6.09. The fraction of sp³-hybridized carbons (Fsp3) is 0.286. The van der Waals surface area contributed by atoms with Crippen LogP contribution in [0, 0.1) is 11.7 Å². The first-order chi connectivity index (χ1) is 16.1. The van der Waals surface area contributed by atoms with Crippen LogP contribution in [0.5, 0.6) is 0 Å². The molecule has 0 unspecified atom stereocenters. The van der Waals surface area contributed by atoms with Crippen LogP contribution < -0.4 is 10.0 Å². The summed E-state index contributed by atoms with van der Waals surface area (Å²) in [6.45, 7) is 6.64. The molecule has 0 saturated heterocycles.